The Morgan fingerprint density at radius 1 is 1.00 bits per heavy atom. The van der Waals surface area contributed by atoms with Crippen LogP contribution < -0.4 is 10.2 Å². The highest BCUT2D eigenvalue weighted by atomic mass is 19.4. The zero-order valence-electron chi connectivity index (χ0n) is 21.6. The number of halogens is 3. The molecule has 2 N–H and O–H groups in total. The molecule has 41 heavy (non-hydrogen) atoms. The van der Waals surface area contributed by atoms with E-state index < -0.39 is 46.6 Å². The van der Waals surface area contributed by atoms with Crippen molar-refractivity contribution in [3.63, 3.8) is 0 Å². The molecule has 3 aromatic carbocycles. The number of hydrogen-bond donors (Lipinski definition) is 2. The predicted molar refractivity (Wildman–Crippen MR) is 140 cm³/mol. The molecule has 0 bridgehead atoms. The maximum atomic E-state index is 14.2. The van der Waals surface area contributed by atoms with E-state index in [1.807, 2.05) is 0 Å². The minimum absolute atomic E-state index is 0.0271. The first-order valence-corrected chi connectivity index (χ1v) is 11.7. The SMILES string of the molecule is CC(=O)c1cc2onc(C(=O)Nc3ccc(C#N)cc3C(=O)O)c2cc1-c1ccc(N(C)C(C)=O)cc1C(F)(F)F. The van der Waals surface area contributed by atoms with Gasteiger partial charge in [-0.25, -0.2) is 4.79 Å². The number of Topliss-reactive ketones (excluding diaryl/α,β-unsaturated/α-hetero) is 1. The lowest BCUT2D eigenvalue weighted by Crippen LogP contribution is -2.23. The Balaban J connectivity index is 1.88. The molecule has 0 spiro atoms. The number of carboxylic acid groups (broad SMARTS) is 1. The zero-order chi connectivity index (χ0) is 30.2. The third-order valence-corrected chi connectivity index (χ3v) is 6.29. The second-order valence-electron chi connectivity index (χ2n) is 8.92. The number of hydrogen-bond acceptors (Lipinski definition) is 7. The van der Waals surface area contributed by atoms with Gasteiger partial charge in [0.2, 0.25) is 5.91 Å². The van der Waals surface area contributed by atoms with Crippen molar-refractivity contribution < 1.29 is 42.0 Å². The largest absolute Gasteiger partial charge is 0.478 e. The van der Waals surface area contributed by atoms with Crippen LogP contribution in [0.5, 0.6) is 0 Å². The lowest BCUT2D eigenvalue weighted by Gasteiger charge is -2.20. The van der Waals surface area contributed by atoms with Crippen molar-refractivity contribution >= 4 is 45.9 Å². The molecule has 4 aromatic rings. The summed E-state index contributed by atoms with van der Waals surface area (Å²) in [5, 5.41) is 24.5. The van der Waals surface area contributed by atoms with Gasteiger partial charge < -0.3 is 19.8 Å². The van der Waals surface area contributed by atoms with Crippen molar-refractivity contribution in [3.8, 4) is 17.2 Å². The maximum Gasteiger partial charge on any atom is 0.417 e. The molecule has 1 aromatic heterocycles. The minimum atomic E-state index is -4.89. The first-order valence-electron chi connectivity index (χ1n) is 11.7. The number of alkyl halides is 3. The van der Waals surface area contributed by atoms with Crippen LogP contribution in [0, 0.1) is 11.3 Å². The number of amides is 2. The number of carboxylic acids is 1. The number of nitriles is 1. The molecule has 0 aliphatic rings. The fourth-order valence-corrected chi connectivity index (χ4v) is 4.14. The standard InChI is InChI=1S/C28H19F3N4O6/c1-13(36)18-11-24-21(10-19(18)17-6-5-16(35(3)14(2)37)9-22(17)28(29,30)31)25(34-41-24)26(38)33-23-7-4-15(12-32)8-20(23)27(39)40/h4-11H,1-3H3,(H,33,38)(H,39,40). The number of nitrogens with one attached hydrogen (secondary N) is 1. The third-order valence-electron chi connectivity index (χ3n) is 6.29. The smallest absolute Gasteiger partial charge is 0.417 e. The van der Waals surface area contributed by atoms with Gasteiger partial charge in [-0.1, -0.05) is 11.2 Å². The topological polar surface area (TPSA) is 154 Å². The number of aromatic nitrogens is 1. The number of carbonyl (C=O) groups excluding carboxylic acids is 3. The van der Waals surface area contributed by atoms with Crippen molar-refractivity contribution in [2.75, 3.05) is 17.3 Å². The van der Waals surface area contributed by atoms with Crippen LogP contribution in [0.4, 0.5) is 24.5 Å². The van der Waals surface area contributed by atoms with Gasteiger partial charge in [-0.05, 0) is 60.5 Å². The monoisotopic (exact) mass is 564 g/mol. The Hall–Kier alpha value is -5.51. The van der Waals surface area contributed by atoms with Crippen LogP contribution in [0.25, 0.3) is 22.1 Å². The summed E-state index contributed by atoms with van der Waals surface area (Å²) in [4.78, 5) is 50.0. The van der Waals surface area contributed by atoms with Crippen LogP contribution >= 0.6 is 0 Å². The Kier molecular flexibility index (Phi) is 7.35. The third kappa shape index (κ3) is 5.48. The summed E-state index contributed by atoms with van der Waals surface area (Å²) in [6.45, 7) is 2.34. The van der Waals surface area contributed by atoms with Gasteiger partial charge >= 0.3 is 12.1 Å². The maximum absolute atomic E-state index is 14.2. The molecule has 1 heterocycles. The number of nitrogens with zero attached hydrogens (tertiary/aromatic N) is 3. The lowest BCUT2D eigenvalue weighted by atomic mass is 9.91. The van der Waals surface area contributed by atoms with Gasteiger partial charge in [0, 0.05) is 25.2 Å². The molecule has 0 aliphatic carbocycles. The van der Waals surface area contributed by atoms with Crippen molar-refractivity contribution in [2.24, 2.45) is 0 Å². The first-order chi connectivity index (χ1) is 19.2. The van der Waals surface area contributed by atoms with Crippen molar-refractivity contribution in [1.29, 1.82) is 5.26 Å². The molecular weight excluding hydrogens is 545 g/mol. The molecule has 208 valence electrons. The molecule has 0 aliphatic heterocycles. The van der Waals surface area contributed by atoms with Gasteiger partial charge in [0.15, 0.2) is 17.1 Å². The summed E-state index contributed by atoms with van der Waals surface area (Å²) in [6.07, 6.45) is -4.89. The zero-order valence-corrected chi connectivity index (χ0v) is 21.6. The molecule has 2 amide bonds. The van der Waals surface area contributed by atoms with Gasteiger partial charge in [0.05, 0.1) is 33.8 Å². The minimum Gasteiger partial charge on any atom is -0.478 e. The number of aromatic carboxylic acids is 1. The van der Waals surface area contributed by atoms with E-state index in [1.165, 1.54) is 32.2 Å². The number of anilines is 2. The molecule has 0 saturated heterocycles. The highest BCUT2D eigenvalue weighted by molar-refractivity contribution is 6.14. The summed E-state index contributed by atoms with van der Waals surface area (Å²) >= 11 is 0. The number of fused-ring (bicyclic) bond motifs is 1. The van der Waals surface area contributed by atoms with Gasteiger partial charge in [-0.15, -0.1) is 0 Å². The Bertz CT molecular complexity index is 1800. The number of benzene rings is 3. The van der Waals surface area contributed by atoms with Gasteiger partial charge in [-0.3, -0.25) is 14.4 Å². The van der Waals surface area contributed by atoms with E-state index >= 15 is 0 Å². The van der Waals surface area contributed by atoms with Crippen molar-refractivity contribution in [3.05, 3.63) is 76.5 Å². The van der Waals surface area contributed by atoms with Crippen LogP contribution in [-0.4, -0.2) is 40.9 Å². The van der Waals surface area contributed by atoms with Gasteiger partial charge in [0.25, 0.3) is 5.91 Å². The van der Waals surface area contributed by atoms with E-state index in [0.717, 1.165) is 42.2 Å². The first kappa shape index (κ1) is 28.5. The number of ketones is 1. The summed E-state index contributed by atoms with van der Waals surface area (Å²) in [7, 11) is 1.32. The molecule has 0 fully saturated rings. The molecular formula is C28H19F3N4O6. The Morgan fingerprint density at radius 3 is 2.29 bits per heavy atom. The van der Waals surface area contributed by atoms with E-state index in [4.69, 9.17) is 9.78 Å². The van der Waals surface area contributed by atoms with Crippen LogP contribution in [0.3, 0.4) is 0 Å². The highest BCUT2D eigenvalue weighted by Gasteiger charge is 2.35. The second-order valence-corrected chi connectivity index (χ2v) is 8.92. The molecule has 4 rings (SSSR count). The second kappa shape index (κ2) is 10.6. The summed E-state index contributed by atoms with van der Waals surface area (Å²) in [5.74, 6) is -3.46. The molecule has 0 radical (unpaired) electrons. The molecule has 13 heteroatoms. The average Bonchev–Trinajstić information content (AvgIpc) is 3.34. The highest BCUT2D eigenvalue weighted by Crippen LogP contribution is 2.42. The molecule has 0 unspecified atom stereocenters. The molecule has 0 atom stereocenters. The van der Waals surface area contributed by atoms with E-state index in [9.17, 15) is 37.5 Å². The predicted octanol–water partition coefficient (Wildman–Crippen LogP) is 5.52. The quantitative estimate of drug-likeness (QED) is 0.290. The fraction of sp³-hybridized carbons (Fsp3) is 0.143. The van der Waals surface area contributed by atoms with Crippen LogP contribution in [-0.2, 0) is 11.0 Å². The fourth-order valence-electron chi connectivity index (χ4n) is 4.14. The van der Waals surface area contributed by atoms with Crippen molar-refractivity contribution in [2.45, 2.75) is 20.0 Å². The van der Waals surface area contributed by atoms with E-state index in [1.54, 1.807) is 6.07 Å². The number of carbonyl (C=O) groups is 4. The van der Waals surface area contributed by atoms with Crippen LogP contribution in [0.2, 0.25) is 0 Å². The van der Waals surface area contributed by atoms with E-state index in [2.05, 4.69) is 10.5 Å². The summed E-state index contributed by atoms with van der Waals surface area (Å²) in [5.41, 5.74) is -2.83. The average molecular weight is 564 g/mol. The molecule has 0 saturated carbocycles. The number of rotatable bonds is 6. The summed E-state index contributed by atoms with van der Waals surface area (Å²) < 4.78 is 47.9. The van der Waals surface area contributed by atoms with Gasteiger partial charge in [0.1, 0.15) is 0 Å². The van der Waals surface area contributed by atoms with E-state index in [-0.39, 0.29) is 44.6 Å². The Labute approximate surface area is 229 Å². The van der Waals surface area contributed by atoms with Gasteiger partial charge in [-0.2, -0.15) is 18.4 Å². The Morgan fingerprint density at radius 2 is 1.71 bits per heavy atom. The summed E-state index contributed by atoms with van der Waals surface area (Å²) in [6, 6.07) is 10.9. The lowest BCUT2D eigenvalue weighted by molar-refractivity contribution is -0.137. The van der Waals surface area contributed by atoms with E-state index in [0.29, 0.717) is 0 Å². The normalized spacial score (nSPS) is 11.1. The molecule has 10 nitrogen and oxygen atoms in total. The van der Waals surface area contributed by atoms with Crippen molar-refractivity contribution in [1.82, 2.24) is 5.16 Å². The van der Waals surface area contributed by atoms with Crippen LogP contribution in [0.1, 0.15) is 56.2 Å². The van der Waals surface area contributed by atoms with Crippen LogP contribution in [0.15, 0.2) is 53.1 Å².